The van der Waals surface area contributed by atoms with Crippen LogP contribution in [0.4, 0.5) is 10.5 Å². The Hall–Kier alpha value is -3.48. The number of benzene rings is 2. The molecule has 0 aliphatic carbocycles. The van der Waals surface area contributed by atoms with E-state index in [9.17, 15) is 14.7 Å². The Morgan fingerprint density at radius 3 is 2.67 bits per heavy atom. The highest BCUT2D eigenvalue weighted by molar-refractivity contribution is 5.93. The van der Waals surface area contributed by atoms with Crippen molar-refractivity contribution in [3.8, 4) is 5.75 Å². The molecule has 30 heavy (non-hydrogen) atoms. The van der Waals surface area contributed by atoms with Gasteiger partial charge in [-0.15, -0.1) is 0 Å². The first-order chi connectivity index (χ1) is 14.4. The molecule has 0 aliphatic heterocycles. The second-order valence-corrected chi connectivity index (χ2v) is 7.25. The number of aromatic nitrogens is 1. The average molecular weight is 409 g/mol. The first kappa shape index (κ1) is 21.2. The normalized spacial score (nSPS) is 10.8. The van der Waals surface area contributed by atoms with Crippen LogP contribution in [-0.4, -0.2) is 47.3 Å². The molecule has 7 nitrogen and oxygen atoms in total. The summed E-state index contributed by atoms with van der Waals surface area (Å²) < 4.78 is 7.44. The molecule has 0 saturated heterocycles. The number of carbonyl (C=O) groups excluding carboxylic acids is 1. The van der Waals surface area contributed by atoms with Gasteiger partial charge in [-0.3, -0.25) is 0 Å². The van der Waals surface area contributed by atoms with Crippen molar-refractivity contribution in [1.82, 2.24) is 9.47 Å². The SMILES string of the molecule is CCCCN(C)C(=O)Nc1ccc2ccn(Cc3ccc(C(=O)O)cc3OC)c2c1. The minimum absolute atomic E-state index is 0.133. The lowest BCUT2D eigenvalue weighted by Gasteiger charge is -2.18. The number of unbranched alkanes of at least 4 members (excludes halogenated alkanes) is 1. The number of rotatable bonds is 8. The van der Waals surface area contributed by atoms with Gasteiger partial charge in [0.05, 0.1) is 24.7 Å². The molecule has 0 atom stereocenters. The standard InChI is InChI=1S/C23H27N3O4/c1-4-5-11-25(2)23(29)24-19-9-8-16-10-12-26(20(16)14-19)15-18-7-6-17(22(27)28)13-21(18)30-3/h6-10,12-14H,4-5,11,15H2,1-3H3,(H,24,29)(H,27,28). The van der Waals surface area contributed by atoms with Crippen LogP contribution in [0.5, 0.6) is 5.75 Å². The smallest absolute Gasteiger partial charge is 0.335 e. The van der Waals surface area contributed by atoms with Crippen LogP contribution in [0.3, 0.4) is 0 Å². The van der Waals surface area contributed by atoms with Gasteiger partial charge in [0, 0.05) is 31.0 Å². The highest BCUT2D eigenvalue weighted by atomic mass is 16.5. The Labute approximate surface area is 175 Å². The van der Waals surface area contributed by atoms with Gasteiger partial charge in [0.25, 0.3) is 0 Å². The van der Waals surface area contributed by atoms with E-state index < -0.39 is 5.97 Å². The molecule has 0 aliphatic rings. The monoisotopic (exact) mass is 409 g/mol. The predicted molar refractivity (Wildman–Crippen MR) is 118 cm³/mol. The number of ether oxygens (including phenoxy) is 1. The number of urea groups is 1. The number of carboxylic acids is 1. The summed E-state index contributed by atoms with van der Waals surface area (Å²) in [7, 11) is 3.32. The lowest BCUT2D eigenvalue weighted by atomic mass is 10.1. The molecule has 3 aromatic rings. The summed E-state index contributed by atoms with van der Waals surface area (Å²) in [6, 6.07) is 12.5. The van der Waals surface area contributed by atoms with Crippen LogP contribution < -0.4 is 10.1 Å². The number of anilines is 1. The van der Waals surface area contributed by atoms with Gasteiger partial charge in [0.1, 0.15) is 5.75 Å². The summed E-state index contributed by atoms with van der Waals surface area (Å²) in [6.07, 6.45) is 3.97. The summed E-state index contributed by atoms with van der Waals surface area (Å²) in [5.41, 5.74) is 2.75. The molecular formula is C23H27N3O4. The topological polar surface area (TPSA) is 83.8 Å². The molecule has 2 N–H and O–H groups in total. The number of hydrogen-bond donors (Lipinski definition) is 2. The summed E-state index contributed by atoms with van der Waals surface area (Å²) in [6.45, 7) is 3.32. The number of aromatic carboxylic acids is 1. The van der Waals surface area contributed by atoms with Crippen LogP contribution in [0.2, 0.25) is 0 Å². The number of methoxy groups -OCH3 is 1. The van der Waals surface area contributed by atoms with Crippen molar-refractivity contribution in [1.29, 1.82) is 0 Å². The van der Waals surface area contributed by atoms with Gasteiger partial charge >= 0.3 is 12.0 Å². The molecule has 0 unspecified atom stereocenters. The maximum atomic E-state index is 12.4. The number of hydrogen-bond acceptors (Lipinski definition) is 3. The molecule has 0 spiro atoms. The van der Waals surface area contributed by atoms with Gasteiger partial charge in [-0.2, -0.15) is 0 Å². The maximum absolute atomic E-state index is 12.4. The molecule has 0 bridgehead atoms. The second kappa shape index (κ2) is 9.35. The van der Waals surface area contributed by atoms with E-state index in [0.29, 0.717) is 18.8 Å². The Morgan fingerprint density at radius 2 is 1.97 bits per heavy atom. The quantitative estimate of drug-likeness (QED) is 0.567. The molecule has 0 fully saturated rings. The van der Waals surface area contributed by atoms with Crippen LogP contribution >= 0.6 is 0 Å². The van der Waals surface area contributed by atoms with Crippen LogP contribution in [0.15, 0.2) is 48.7 Å². The van der Waals surface area contributed by atoms with E-state index in [0.717, 1.165) is 35.0 Å². The van der Waals surface area contributed by atoms with Crippen molar-refractivity contribution in [3.05, 3.63) is 59.8 Å². The van der Waals surface area contributed by atoms with Gasteiger partial charge < -0.3 is 24.6 Å². The van der Waals surface area contributed by atoms with E-state index in [-0.39, 0.29) is 11.6 Å². The molecular weight excluding hydrogens is 382 g/mol. The second-order valence-electron chi connectivity index (χ2n) is 7.25. The number of amides is 2. The Kier molecular flexibility index (Phi) is 6.61. The van der Waals surface area contributed by atoms with Crippen LogP contribution in [0.1, 0.15) is 35.7 Å². The number of carboxylic acid groups (broad SMARTS) is 1. The number of nitrogens with one attached hydrogen (secondary N) is 1. The average Bonchev–Trinajstić information content (AvgIpc) is 3.14. The first-order valence-electron chi connectivity index (χ1n) is 9.94. The summed E-state index contributed by atoms with van der Waals surface area (Å²) in [5.74, 6) is -0.464. The fourth-order valence-electron chi connectivity index (χ4n) is 3.31. The molecule has 1 heterocycles. The van der Waals surface area contributed by atoms with E-state index in [2.05, 4.69) is 12.2 Å². The van der Waals surface area contributed by atoms with Crippen LogP contribution in [0.25, 0.3) is 10.9 Å². The molecule has 1 aromatic heterocycles. The van der Waals surface area contributed by atoms with Gasteiger partial charge in [-0.1, -0.05) is 25.5 Å². The van der Waals surface area contributed by atoms with Crippen molar-refractivity contribution >= 4 is 28.6 Å². The van der Waals surface area contributed by atoms with Gasteiger partial charge in [-0.25, -0.2) is 9.59 Å². The molecule has 3 rings (SSSR count). The largest absolute Gasteiger partial charge is 0.496 e. The first-order valence-corrected chi connectivity index (χ1v) is 9.94. The predicted octanol–water partition coefficient (Wildman–Crippen LogP) is 4.66. The minimum Gasteiger partial charge on any atom is -0.496 e. The van der Waals surface area contributed by atoms with Crippen molar-refractivity contribution in [3.63, 3.8) is 0 Å². The van der Waals surface area contributed by atoms with E-state index in [4.69, 9.17) is 4.74 Å². The van der Waals surface area contributed by atoms with E-state index in [1.807, 2.05) is 35.0 Å². The van der Waals surface area contributed by atoms with Gasteiger partial charge in [0.2, 0.25) is 0 Å². The van der Waals surface area contributed by atoms with Gasteiger partial charge in [0.15, 0.2) is 0 Å². The third-order valence-electron chi connectivity index (χ3n) is 5.09. The van der Waals surface area contributed by atoms with E-state index in [1.54, 1.807) is 24.1 Å². The van der Waals surface area contributed by atoms with Crippen molar-refractivity contribution in [2.45, 2.75) is 26.3 Å². The molecule has 2 amide bonds. The zero-order chi connectivity index (χ0) is 21.7. The molecule has 7 heteroatoms. The highest BCUT2D eigenvalue weighted by Crippen LogP contribution is 2.26. The van der Waals surface area contributed by atoms with Crippen LogP contribution in [-0.2, 0) is 6.54 Å². The number of carbonyl (C=O) groups is 2. The Morgan fingerprint density at radius 1 is 1.17 bits per heavy atom. The van der Waals surface area contributed by atoms with Crippen molar-refractivity contribution < 1.29 is 19.4 Å². The summed E-state index contributed by atoms with van der Waals surface area (Å²) >= 11 is 0. The molecule has 2 aromatic carbocycles. The number of nitrogens with zero attached hydrogens (tertiary/aromatic N) is 2. The zero-order valence-corrected chi connectivity index (χ0v) is 17.5. The molecule has 158 valence electrons. The summed E-state index contributed by atoms with van der Waals surface area (Å²) in [5, 5.41) is 13.2. The van der Waals surface area contributed by atoms with E-state index in [1.165, 1.54) is 13.2 Å². The molecule has 0 radical (unpaired) electrons. The molecule has 0 saturated carbocycles. The fraction of sp³-hybridized carbons (Fsp3) is 0.304. The Balaban J connectivity index is 1.83. The lowest BCUT2D eigenvalue weighted by Crippen LogP contribution is -2.32. The van der Waals surface area contributed by atoms with E-state index >= 15 is 0 Å². The van der Waals surface area contributed by atoms with Crippen molar-refractivity contribution in [2.24, 2.45) is 0 Å². The van der Waals surface area contributed by atoms with Crippen molar-refractivity contribution in [2.75, 3.05) is 26.0 Å². The lowest BCUT2D eigenvalue weighted by molar-refractivity contribution is 0.0696. The minimum atomic E-state index is -0.990. The summed E-state index contributed by atoms with van der Waals surface area (Å²) in [4.78, 5) is 25.3. The van der Waals surface area contributed by atoms with Crippen LogP contribution in [0, 0.1) is 0 Å². The highest BCUT2D eigenvalue weighted by Gasteiger charge is 2.12. The third kappa shape index (κ3) is 4.74. The zero-order valence-electron chi connectivity index (χ0n) is 17.5. The Bertz CT molecular complexity index is 1060. The van der Waals surface area contributed by atoms with Gasteiger partial charge in [-0.05, 0) is 42.1 Å². The maximum Gasteiger partial charge on any atom is 0.335 e. The third-order valence-corrected chi connectivity index (χ3v) is 5.09. The fourth-order valence-corrected chi connectivity index (χ4v) is 3.31. The number of fused-ring (bicyclic) bond motifs is 1.